The molecule has 30 nitrogen and oxygen atoms in total. The van der Waals surface area contributed by atoms with Gasteiger partial charge in [0.2, 0.25) is 65.0 Å². The molecule has 0 aliphatic carbocycles. The first-order chi connectivity index (χ1) is 51.2. The largest absolute Gasteiger partial charge is 0.508 e. The molecule has 5 aromatic carbocycles. The van der Waals surface area contributed by atoms with Gasteiger partial charge in [-0.25, -0.2) is 4.98 Å². The molecule has 1 saturated heterocycles. The van der Waals surface area contributed by atoms with Crippen molar-refractivity contribution in [3.05, 3.63) is 198 Å². The number of nitrogens with two attached hydrogens (primary N) is 2. The summed E-state index contributed by atoms with van der Waals surface area (Å²) in [5.74, 6) is -8.87. The number of nitrogens with one attached hydrogen (secondary N) is 12. The molecular weight excluding hydrogens is 1360 g/mol. The van der Waals surface area contributed by atoms with Crippen LogP contribution in [0.1, 0.15) is 72.5 Å². The Morgan fingerprint density at radius 1 is 0.528 bits per heavy atom. The third-order valence-corrected chi connectivity index (χ3v) is 18.5. The summed E-state index contributed by atoms with van der Waals surface area (Å²) in [5.41, 5.74) is 15.9. The summed E-state index contributed by atoms with van der Waals surface area (Å²) < 4.78 is 0. The van der Waals surface area contributed by atoms with Gasteiger partial charge in [-0.2, -0.15) is 0 Å². The van der Waals surface area contributed by atoms with E-state index in [1.54, 1.807) is 42.7 Å². The van der Waals surface area contributed by atoms with Crippen molar-refractivity contribution in [3.8, 4) is 5.75 Å². The number of aromatic amines is 3. The fourth-order valence-corrected chi connectivity index (χ4v) is 13.0. The Labute approximate surface area is 609 Å². The lowest BCUT2D eigenvalue weighted by atomic mass is 9.99. The number of unbranched alkanes of at least 4 members (excludes halogenated alkanes) is 1. The zero-order valence-electron chi connectivity index (χ0n) is 58.3. The highest BCUT2D eigenvalue weighted by atomic mass is 16.3. The number of fused-ring (bicyclic) bond motifs is 3. The third-order valence-electron chi connectivity index (χ3n) is 18.5. The van der Waals surface area contributed by atoms with Crippen molar-refractivity contribution in [2.45, 2.75) is 132 Å². The van der Waals surface area contributed by atoms with Crippen molar-refractivity contribution in [2.24, 2.45) is 11.5 Å². The van der Waals surface area contributed by atoms with Crippen LogP contribution in [0, 0.1) is 0 Å². The molecule has 10 rings (SSSR count). The molecule has 0 bridgehead atoms. The van der Waals surface area contributed by atoms with E-state index >= 15 is 14.4 Å². The molecule has 0 saturated carbocycles. The molecule has 554 valence electrons. The molecule has 1 fully saturated rings. The Morgan fingerprint density at radius 3 is 1.62 bits per heavy atom. The molecule has 9 atom stereocenters. The lowest BCUT2D eigenvalue weighted by Crippen LogP contribution is -2.61. The molecule has 0 unspecified atom stereocenters. The van der Waals surface area contributed by atoms with Gasteiger partial charge in [0.1, 0.15) is 60.1 Å². The van der Waals surface area contributed by atoms with Crippen LogP contribution >= 0.6 is 0 Å². The molecule has 9 aromatic rings. The average molecular weight is 1450 g/mol. The number of phenols is 1. The normalized spacial score (nSPS) is 15.0. The first-order valence-corrected chi connectivity index (χ1v) is 35.0. The molecule has 1 aliphatic heterocycles. The Hall–Kier alpha value is -12.3. The van der Waals surface area contributed by atoms with Gasteiger partial charge < -0.3 is 89.4 Å². The lowest BCUT2D eigenvalue weighted by molar-refractivity contribution is -0.142. The number of nitrogens with zero attached hydrogens (tertiary/aromatic N) is 3. The maximum absolute atomic E-state index is 15.1. The van der Waals surface area contributed by atoms with Crippen molar-refractivity contribution >= 4 is 97.6 Å². The fourth-order valence-electron chi connectivity index (χ4n) is 13.0. The quantitative estimate of drug-likeness (QED) is 0.0244. The van der Waals surface area contributed by atoms with E-state index in [1.165, 1.54) is 48.9 Å². The topological polar surface area (TPSA) is 465 Å². The number of carbonyl (C=O) groups excluding carboxylic acids is 11. The molecule has 30 heteroatoms. The van der Waals surface area contributed by atoms with Gasteiger partial charge in [-0.15, -0.1) is 0 Å². The average Bonchev–Trinajstić information content (AvgIpc) is 1.48. The number of aliphatic hydroxyl groups is 1. The number of hydrogen-bond acceptors (Lipinski definition) is 16. The van der Waals surface area contributed by atoms with E-state index in [1.807, 2.05) is 84.9 Å². The standard InChI is InChI=1S/C76H87N17O13/c1-44(95)85-59(32-46-21-24-48-13-2-3-14-49(48)30-46)69(99)89-61(34-50-38-81-56-17-6-4-15-54(50)56)71(101)87-60(33-47-12-10-28-79-37-47)70(100)92-65(42-94)74(104)90-63(36-52-40-80-43-84-52)73(103)86-58(19-8-9-27-77)68(98)88-62(35-51-39-82-57-18-7-5-16-55(51)57)72(102)91-64(31-45-22-25-53(96)26-23-45)76(106)93-29-11-20-66(93)75(105)83-41-67(78)97/h2-7,10,12-18,21-26,28,30,37-40,43,58-66,81-82,94,96H,8-9,11,19-20,27,29,31-36,41-42,77H2,1H3,(H2,78,97)(H,80,84)(H,83,105)(H,85,95)(H,86,103)(H,87,101)(H,88,98)(H,89,99)(H,90,104)(H,91,102)(H,92,100)/t58-,59-,60-,61+,62+,63+,64+,65+,66+/m1/s1. The number of aromatic nitrogens is 5. The lowest BCUT2D eigenvalue weighted by Gasteiger charge is -2.30. The van der Waals surface area contributed by atoms with Crippen LogP contribution < -0.4 is 59.3 Å². The van der Waals surface area contributed by atoms with Crippen LogP contribution in [0.25, 0.3) is 32.6 Å². The first kappa shape index (κ1) is 76.3. The van der Waals surface area contributed by atoms with Crippen LogP contribution in [-0.2, 0) is 91.3 Å². The van der Waals surface area contributed by atoms with E-state index in [0.29, 0.717) is 51.7 Å². The van der Waals surface area contributed by atoms with Gasteiger partial charge in [0.25, 0.3) is 0 Å². The molecule has 0 spiro atoms. The highest BCUT2D eigenvalue weighted by Gasteiger charge is 2.40. The van der Waals surface area contributed by atoms with E-state index in [9.17, 15) is 48.6 Å². The number of rotatable bonds is 36. The zero-order valence-corrected chi connectivity index (χ0v) is 58.3. The highest BCUT2D eigenvalue weighted by molar-refractivity contribution is 6.00. The van der Waals surface area contributed by atoms with Crippen molar-refractivity contribution in [2.75, 3.05) is 26.2 Å². The summed E-state index contributed by atoms with van der Waals surface area (Å²) in [4.78, 5) is 176. The molecule has 18 N–H and O–H groups in total. The van der Waals surface area contributed by atoms with Crippen LogP contribution in [0.5, 0.6) is 5.75 Å². The van der Waals surface area contributed by atoms with Crippen LogP contribution in [0.15, 0.2) is 165 Å². The van der Waals surface area contributed by atoms with Gasteiger partial charge >= 0.3 is 0 Å². The number of para-hydroxylation sites is 2. The third kappa shape index (κ3) is 20.7. The SMILES string of the molecule is CC(=O)N[C@H](Cc1ccc2ccccc2c1)C(=O)N[C@@H](Cc1c[nH]c2ccccc12)C(=O)N[C@H](Cc1cccnc1)C(=O)N[C@@H](CO)C(=O)N[C@@H](Cc1cnc[nH]1)C(=O)N[C@H](CCCCN)C(=O)N[C@@H](Cc1c[nH]c2ccccc12)C(=O)N[C@@H](Cc1ccc(O)cc1)C(=O)N1CCC[C@H]1C(=O)NCC(N)=O. The van der Waals surface area contributed by atoms with Crippen LogP contribution in [0.2, 0.25) is 0 Å². The van der Waals surface area contributed by atoms with E-state index < -0.39 is 133 Å². The highest BCUT2D eigenvalue weighted by Crippen LogP contribution is 2.25. The Kier molecular flexibility index (Phi) is 26.4. The van der Waals surface area contributed by atoms with Gasteiger partial charge in [-0.05, 0) is 108 Å². The summed E-state index contributed by atoms with van der Waals surface area (Å²) in [5, 5.41) is 48.9. The number of aromatic hydroxyl groups is 1. The van der Waals surface area contributed by atoms with Gasteiger partial charge in [0.05, 0.1) is 19.5 Å². The minimum absolute atomic E-state index is 0.0454. The van der Waals surface area contributed by atoms with E-state index in [0.717, 1.165) is 27.2 Å². The second-order valence-corrected chi connectivity index (χ2v) is 26.3. The van der Waals surface area contributed by atoms with Crippen LogP contribution in [0.4, 0.5) is 0 Å². The second-order valence-electron chi connectivity index (χ2n) is 26.3. The summed E-state index contributed by atoms with van der Waals surface area (Å²) in [6.45, 7) is 0.0769. The number of benzene rings is 5. The van der Waals surface area contributed by atoms with E-state index in [2.05, 4.69) is 72.8 Å². The number of H-pyrrole nitrogens is 3. The molecule has 1 aliphatic rings. The maximum Gasteiger partial charge on any atom is 0.246 e. The smallest absolute Gasteiger partial charge is 0.246 e. The monoisotopic (exact) mass is 1450 g/mol. The predicted molar refractivity (Wildman–Crippen MR) is 392 cm³/mol. The minimum atomic E-state index is -1.80. The number of amides is 11. The molecule has 0 radical (unpaired) electrons. The van der Waals surface area contributed by atoms with E-state index in [4.69, 9.17) is 11.5 Å². The number of likely N-dealkylation sites (tertiary alicyclic amines) is 1. The molecule has 11 amide bonds. The second kappa shape index (κ2) is 36.7. The number of carbonyl (C=O) groups is 11. The minimum Gasteiger partial charge on any atom is -0.508 e. The van der Waals surface area contributed by atoms with E-state index in [-0.39, 0.29) is 76.6 Å². The van der Waals surface area contributed by atoms with Gasteiger partial charge in [-0.1, -0.05) is 97.1 Å². The van der Waals surface area contributed by atoms with Crippen molar-refractivity contribution in [1.82, 2.24) is 77.7 Å². The Balaban J connectivity index is 0.887. The van der Waals surface area contributed by atoms with Crippen LogP contribution in [-0.4, -0.2) is 186 Å². The van der Waals surface area contributed by atoms with Crippen molar-refractivity contribution in [1.29, 1.82) is 0 Å². The van der Waals surface area contributed by atoms with Gasteiger partial charge in [0, 0.05) is 110 Å². The zero-order chi connectivity index (χ0) is 75.2. The first-order valence-electron chi connectivity index (χ1n) is 35.0. The Bertz CT molecular complexity index is 4590. The van der Waals surface area contributed by atoms with Crippen molar-refractivity contribution in [3.63, 3.8) is 0 Å². The number of pyridine rings is 1. The maximum atomic E-state index is 15.1. The predicted octanol–water partition coefficient (Wildman–Crippen LogP) is 0.994. The van der Waals surface area contributed by atoms with Gasteiger partial charge in [0.15, 0.2) is 0 Å². The molecular formula is C76H87N17O13. The molecule has 4 aromatic heterocycles. The summed E-state index contributed by atoms with van der Waals surface area (Å²) in [6.07, 6.45) is 9.44. The van der Waals surface area contributed by atoms with Crippen molar-refractivity contribution < 1.29 is 63.0 Å². The summed E-state index contributed by atoms with van der Waals surface area (Å²) in [6, 6.07) is 24.3. The summed E-state index contributed by atoms with van der Waals surface area (Å²) in [7, 11) is 0. The number of hydrogen-bond donors (Lipinski definition) is 16. The van der Waals surface area contributed by atoms with Crippen LogP contribution in [0.3, 0.4) is 0 Å². The molecule has 106 heavy (non-hydrogen) atoms. The Morgan fingerprint density at radius 2 is 1.05 bits per heavy atom. The number of aliphatic hydroxyl groups excluding tert-OH is 1. The van der Waals surface area contributed by atoms with Gasteiger partial charge in [-0.3, -0.25) is 57.7 Å². The fraction of sp³-hybridized carbons (Fsp3) is 0.329. The number of phenolic OH excluding ortho intramolecular Hbond substituents is 1. The number of imidazole rings is 1. The number of primary amides is 1. The summed E-state index contributed by atoms with van der Waals surface area (Å²) >= 11 is 0. The molecule has 5 heterocycles.